The topological polar surface area (TPSA) is 70.7 Å². The number of anilines is 2. The van der Waals surface area contributed by atoms with Crippen LogP contribution in [0.4, 0.5) is 11.4 Å². The Morgan fingerprint density at radius 3 is 2.73 bits per heavy atom. The molecule has 6 nitrogen and oxygen atoms in total. The van der Waals surface area contributed by atoms with Gasteiger partial charge in [0.1, 0.15) is 5.38 Å². The molecule has 2 fully saturated rings. The molecule has 7 heteroatoms. The van der Waals surface area contributed by atoms with Crippen LogP contribution in [-0.2, 0) is 9.53 Å². The fourth-order valence-corrected chi connectivity index (χ4v) is 3.43. The van der Waals surface area contributed by atoms with Crippen LogP contribution in [0.3, 0.4) is 0 Å². The second-order valence-electron chi connectivity index (χ2n) is 6.88. The van der Waals surface area contributed by atoms with Crippen LogP contribution in [0.1, 0.15) is 43.0 Å². The van der Waals surface area contributed by atoms with Crippen LogP contribution in [0, 0.1) is 0 Å². The third kappa shape index (κ3) is 4.68. The van der Waals surface area contributed by atoms with Crippen molar-refractivity contribution in [3.05, 3.63) is 23.8 Å². The molecule has 0 aromatic heterocycles. The standard InChI is InChI=1S/C19H26ClN3O3/c1-13(20)18(24)22-14-6-7-17(23-8-2-3-9-23)16(11-14)19(25)21-12-15-5-4-10-26-15/h6-7,11,13,15H,2-5,8-10,12H2,1H3,(H,21,25)(H,22,24). The number of nitrogens with zero attached hydrogens (tertiary/aromatic N) is 1. The Morgan fingerprint density at radius 2 is 2.08 bits per heavy atom. The molecule has 142 valence electrons. The highest BCUT2D eigenvalue weighted by Gasteiger charge is 2.22. The lowest BCUT2D eigenvalue weighted by Crippen LogP contribution is -2.33. The summed E-state index contributed by atoms with van der Waals surface area (Å²) in [5, 5.41) is 5.10. The summed E-state index contributed by atoms with van der Waals surface area (Å²) >= 11 is 5.82. The number of hydrogen-bond acceptors (Lipinski definition) is 4. The molecule has 2 N–H and O–H groups in total. The molecule has 2 atom stereocenters. The molecule has 1 aromatic rings. The van der Waals surface area contributed by atoms with Crippen LogP contribution in [0.5, 0.6) is 0 Å². The summed E-state index contributed by atoms with van der Waals surface area (Å²) in [5.74, 6) is -0.427. The first-order valence-electron chi connectivity index (χ1n) is 9.28. The van der Waals surface area contributed by atoms with Gasteiger partial charge in [-0.1, -0.05) is 0 Å². The summed E-state index contributed by atoms with van der Waals surface area (Å²) in [6.07, 6.45) is 4.35. The molecule has 2 heterocycles. The highest BCUT2D eigenvalue weighted by atomic mass is 35.5. The zero-order valence-corrected chi connectivity index (χ0v) is 15.8. The van der Waals surface area contributed by atoms with Gasteiger partial charge >= 0.3 is 0 Å². The number of nitrogens with one attached hydrogen (secondary N) is 2. The quantitative estimate of drug-likeness (QED) is 0.745. The summed E-state index contributed by atoms with van der Waals surface area (Å²) in [6, 6.07) is 5.46. The van der Waals surface area contributed by atoms with Gasteiger partial charge in [-0.25, -0.2) is 0 Å². The number of alkyl halides is 1. The fraction of sp³-hybridized carbons (Fsp3) is 0.579. The number of rotatable bonds is 6. The number of benzene rings is 1. The zero-order chi connectivity index (χ0) is 18.5. The number of ether oxygens (including phenoxy) is 1. The molecule has 3 rings (SSSR count). The van der Waals surface area contributed by atoms with Gasteiger partial charge in [0.25, 0.3) is 5.91 Å². The van der Waals surface area contributed by atoms with Crippen molar-refractivity contribution in [1.29, 1.82) is 0 Å². The molecule has 2 aliphatic heterocycles. The minimum Gasteiger partial charge on any atom is -0.376 e. The van der Waals surface area contributed by atoms with Gasteiger partial charge in [0, 0.05) is 37.6 Å². The lowest BCUT2D eigenvalue weighted by Gasteiger charge is -2.22. The van der Waals surface area contributed by atoms with Crippen LogP contribution < -0.4 is 15.5 Å². The monoisotopic (exact) mass is 379 g/mol. The molecular formula is C19H26ClN3O3. The Morgan fingerprint density at radius 1 is 1.31 bits per heavy atom. The lowest BCUT2D eigenvalue weighted by molar-refractivity contribution is -0.115. The van der Waals surface area contributed by atoms with Crippen molar-refractivity contribution in [2.75, 3.05) is 36.5 Å². The maximum atomic E-state index is 12.8. The maximum Gasteiger partial charge on any atom is 0.253 e. The first-order chi connectivity index (χ1) is 12.5. The molecule has 2 amide bonds. The van der Waals surface area contributed by atoms with E-state index in [0.717, 1.165) is 51.1 Å². The summed E-state index contributed by atoms with van der Waals surface area (Å²) in [5.41, 5.74) is 2.06. The van der Waals surface area contributed by atoms with E-state index < -0.39 is 5.38 Å². The van der Waals surface area contributed by atoms with Crippen molar-refractivity contribution in [3.63, 3.8) is 0 Å². The fourth-order valence-electron chi connectivity index (χ4n) is 3.38. The average Bonchev–Trinajstić information content (AvgIpc) is 3.33. The first kappa shape index (κ1) is 19.0. The smallest absolute Gasteiger partial charge is 0.253 e. The van der Waals surface area contributed by atoms with Crippen LogP contribution in [0.15, 0.2) is 18.2 Å². The van der Waals surface area contributed by atoms with Crippen molar-refractivity contribution in [1.82, 2.24) is 5.32 Å². The normalized spacial score (nSPS) is 20.8. The third-order valence-electron chi connectivity index (χ3n) is 4.83. The Bertz CT molecular complexity index is 653. The molecule has 0 bridgehead atoms. The van der Waals surface area contributed by atoms with E-state index in [4.69, 9.17) is 16.3 Å². The molecule has 2 saturated heterocycles. The molecular weight excluding hydrogens is 354 g/mol. The molecule has 1 aromatic carbocycles. The van der Waals surface area contributed by atoms with E-state index in [-0.39, 0.29) is 17.9 Å². The van der Waals surface area contributed by atoms with Crippen molar-refractivity contribution in [2.24, 2.45) is 0 Å². The van der Waals surface area contributed by atoms with Crippen LogP contribution in [0.25, 0.3) is 0 Å². The van der Waals surface area contributed by atoms with Crippen molar-refractivity contribution in [3.8, 4) is 0 Å². The van der Waals surface area contributed by atoms with Gasteiger partial charge in [0.2, 0.25) is 5.91 Å². The summed E-state index contributed by atoms with van der Waals surface area (Å²) in [4.78, 5) is 26.9. The lowest BCUT2D eigenvalue weighted by atomic mass is 10.1. The van der Waals surface area contributed by atoms with E-state index in [2.05, 4.69) is 15.5 Å². The van der Waals surface area contributed by atoms with E-state index >= 15 is 0 Å². The van der Waals surface area contributed by atoms with Gasteiger partial charge in [0.15, 0.2) is 0 Å². The summed E-state index contributed by atoms with van der Waals surface area (Å²) in [7, 11) is 0. The first-order valence-corrected chi connectivity index (χ1v) is 9.72. The predicted molar refractivity (Wildman–Crippen MR) is 103 cm³/mol. The Kier molecular flexibility index (Phi) is 6.38. The number of carbonyl (C=O) groups is 2. The van der Waals surface area contributed by atoms with Gasteiger partial charge in [-0.2, -0.15) is 0 Å². The Balaban J connectivity index is 1.77. The van der Waals surface area contributed by atoms with Crippen LogP contribution in [-0.4, -0.2) is 49.5 Å². The number of halogens is 1. The second-order valence-corrected chi connectivity index (χ2v) is 7.53. The van der Waals surface area contributed by atoms with E-state index in [1.165, 1.54) is 0 Å². The van der Waals surface area contributed by atoms with E-state index in [1.54, 1.807) is 13.0 Å². The SMILES string of the molecule is CC(Cl)C(=O)Nc1ccc(N2CCCC2)c(C(=O)NCC2CCCO2)c1. The van der Waals surface area contributed by atoms with E-state index in [9.17, 15) is 9.59 Å². The highest BCUT2D eigenvalue weighted by molar-refractivity contribution is 6.32. The highest BCUT2D eigenvalue weighted by Crippen LogP contribution is 2.28. The average molecular weight is 380 g/mol. The van der Waals surface area contributed by atoms with Gasteiger partial charge in [0.05, 0.1) is 11.7 Å². The van der Waals surface area contributed by atoms with Gasteiger partial charge in [-0.15, -0.1) is 11.6 Å². The summed E-state index contributed by atoms with van der Waals surface area (Å²) < 4.78 is 5.58. The zero-order valence-electron chi connectivity index (χ0n) is 15.1. The molecule has 0 saturated carbocycles. The van der Waals surface area contributed by atoms with Crippen molar-refractivity contribution < 1.29 is 14.3 Å². The Hall–Kier alpha value is -1.79. The maximum absolute atomic E-state index is 12.8. The largest absolute Gasteiger partial charge is 0.376 e. The van der Waals surface area contributed by atoms with Gasteiger partial charge in [-0.05, 0) is 50.8 Å². The number of hydrogen-bond donors (Lipinski definition) is 2. The summed E-state index contributed by atoms with van der Waals surface area (Å²) in [6.45, 7) is 4.77. The minimum atomic E-state index is -0.634. The molecule has 0 spiro atoms. The van der Waals surface area contributed by atoms with E-state index in [1.807, 2.05) is 12.1 Å². The Labute approximate surface area is 159 Å². The van der Waals surface area contributed by atoms with Gasteiger partial charge < -0.3 is 20.3 Å². The molecule has 0 radical (unpaired) electrons. The molecule has 2 aliphatic rings. The van der Waals surface area contributed by atoms with Gasteiger partial charge in [-0.3, -0.25) is 9.59 Å². The van der Waals surface area contributed by atoms with Crippen molar-refractivity contribution in [2.45, 2.75) is 44.1 Å². The molecule has 26 heavy (non-hydrogen) atoms. The minimum absolute atomic E-state index is 0.0918. The predicted octanol–water partition coefficient (Wildman–Crippen LogP) is 2.76. The molecule has 2 unspecified atom stereocenters. The molecule has 0 aliphatic carbocycles. The van der Waals surface area contributed by atoms with E-state index in [0.29, 0.717) is 17.8 Å². The third-order valence-corrected chi connectivity index (χ3v) is 5.03. The second kappa shape index (κ2) is 8.73. The number of amides is 2. The van der Waals surface area contributed by atoms with Crippen LogP contribution in [0.2, 0.25) is 0 Å². The van der Waals surface area contributed by atoms with Crippen molar-refractivity contribution >= 4 is 34.8 Å². The number of carbonyl (C=O) groups excluding carboxylic acids is 2. The van der Waals surface area contributed by atoms with Crippen LogP contribution >= 0.6 is 11.6 Å².